The number of ether oxygens (including phenoxy) is 1. The number of unbranched alkanes of at least 4 members (excludes halogenated alkanes) is 22. The fraction of sp³-hybridized carbons (Fsp3) is 0.655. The Bertz CT molecular complexity index is 1320. The average Bonchev–Trinajstić information content (AvgIpc) is 3.29. The monoisotopic (exact) mass is 888 g/mol. The van der Waals surface area contributed by atoms with Gasteiger partial charge in [-0.25, -0.2) is 0 Å². The van der Waals surface area contributed by atoms with Crippen LogP contribution in [0.2, 0.25) is 0 Å². The number of hydrogen-bond donors (Lipinski definition) is 3. The summed E-state index contributed by atoms with van der Waals surface area (Å²) in [6.07, 6.45) is 68.5. The van der Waals surface area contributed by atoms with Gasteiger partial charge < -0.3 is 20.3 Å². The van der Waals surface area contributed by atoms with Crippen molar-refractivity contribution in [1.82, 2.24) is 5.32 Å². The quantitative estimate of drug-likeness (QED) is 0.0322. The maximum absolute atomic E-state index is 13.2. The summed E-state index contributed by atoms with van der Waals surface area (Å²) in [4.78, 5) is 26.2. The number of rotatable bonds is 45. The second-order valence-corrected chi connectivity index (χ2v) is 17.4. The van der Waals surface area contributed by atoms with Crippen LogP contribution in [0.3, 0.4) is 0 Å². The van der Waals surface area contributed by atoms with E-state index in [1.54, 1.807) is 0 Å². The van der Waals surface area contributed by atoms with Crippen molar-refractivity contribution in [3.63, 3.8) is 0 Å². The summed E-state index contributed by atoms with van der Waals surface area (Å²) in [6, 6.07) is -0.728. The zero-order chi connectivity index (χ0) is 46.7. The van der Waals surface area contributed by atoms with Gasteiger partial charge in [0.25, 0.3) is 0 Å². The lowest BCUT2D eigenvalue weighted by atomic mass is 10.0. The van der Waals surface area contributed by atoms with Gasteiger partial charge in [-0.3, -0.25) is 9.59 Å². The van der Waals surface area contributed by atoms with Crippen molar-refractivity contribution in [3.8, 4) is 0 Å². The third-order valence-corrected chi connectivity index (χ3v) is 11.3. The van der Waals surface area contributed by atoms with Gasteiger partial charge >= 0.3 is 5.97 Å². The Kier molecular flexibility index (Phi) is 47.8. The normalized spacial score (nSPS) is 14.1. The minimum Gasteiger partial charge on any atom is -0.462 e. The van der Waals surface area contributed by atoms with Gasteiger partial charge in [0.2, 0.25) is 5.91 Å². The zero-order valence-electron chi connectivity index (χ0n) is 41.4. The predicted molar refractivity (Wildman–Crippen MR) is 277 cm³/mol. The SMILES string of the molecule is CC/C=C/C=C/C=C/C=C\CCCCCCCC(=O)OC(CCCCC/C=C/C=C/C=C/C=C/C=C/CCC)CC(=O)NC(CO)C(O)CCCCCCCCCCCCCCCC. The molecule has 3 N–H and O–H groups in total. The van der Waals surface area contributed by atoms with E-state index in [4.69, 9.17) is 4.74 Å². The maximum atomic E-state index is 13.2. The molecular weight excluding hydrogens is 791 g/mol. The topological polar surface area (TPSA) is 95.9 Å². The molecule has 0 aliphatic carbocycles. The van der Waals surface area contributed by atoms with Gasteiger partial charge in [0, 0.05) is 6.42 Å². The molecule has 0 spiro atoms. The molecule has 0 saturated carbocycles. The predicted octanol–water partition coefficient (Wildman–Crippen LogP) is 15.9. The number of aliphatic hydroxyl groups is 2. The first-order valence-electron chi connectivity index (χ1n) is 26.2. The third kappa shape index (κ3) is 45.1. The van der Waals surface area contributed by atoms with Gasteiger partial charge in [-0.2, -0.15) is 0 Å². The Morgan fingerprint density at radius 2 is 0.875 bits per heavy atom. The van der Waals surface area contributed by atoms with Gasteiger partial charge in [0.1, 0.15) is 6.10 Å². The van der Waals surface area contributed by atoms with E-state index in [0.29, 0.717) is 19.3 Å². The largest absolute Gasteiger partial charge is 0.462 e. The fourth-order valence-electron chi connectivity index (χ4n) is 7.35. The lowest BCUT2D eigenvalue weighted by molar-refractivity contribution is -0.151. The first-order valence-corrected chi connectivity index (χ1v) is 26.2. The van der Waals surface area contributed by atoms with Crippen molar-refractivity contribution in [2.24, 2.45) is 0 Å². The number of amides is 1. The van der Waals surface area contributed by atoms with E-state index in [-0.39, 0.29) is 24.9 Å². The number of aliphatic hydroxyl groups excluding tert-OH is 2. The highest BCUT2D eigenvalue weighted by molar-refractivity contribution is 5.77. The molecule has 0 fully saturated rings. The van der Waals surface area contributed by atoms with E-state index in [2.05, 4.69) is 80.8 Å². The van der Waals surface area contributed by atoms with Crippen LogP contribution >= 0.6 is 0 Å². The summed E-state index contributed by atoms with van der Waals surface area (Å²) in [5, 5.41) is 23.8. The fourth-order valence-corrected chi connectivity index (χ4v) is 7.35. The summed E-state index contributed by atoms with van der Waals surface area (Å²) in [5.41, 5.74) is 0. The van der Waals surface area contributed by atoms with Crippen LogP contribution in [0.1, 0.15) is 220 Å². The molecule has 1 amide bonds. The van der Waals surface area contributed by atoms with Crippen LogP contribution in [0.15, 0.2) is 109 Å². The minimum absolute atomic E-state index is 0.0329. The summed E-state index contributed by atoms with van der Waals surface area (Å²) in [5.74, 6) is -0.551. The van der Waals surface area contributed by atoms with Crippen molar-refractivity contribution in [2.75, 3.05) is 6.61 Å². The molecule has 0 bridgehead atoms. The standard InChI is InChI=1S/C58H97NO5/c1-4-7-10-13-16-19-22-25-28-30-31-34-37-40-43-46-49-54(64-58(63)51-48-45-42-39-36-33-29-26-23-20-17-14-11-8-5-2)52-57(62)59-55(53-60)56(61)50-47-44-41-38-35-32-27-24-21-18-15-12-9-6-3/h8,10-11,13-14,16-17,19-20,22-23,25-26,28-31,34,54-56,60-61H,4-7,9,12,15,18,21,24,27,32-33,35-53H2,1-3H3,(H,59,62)/b11-8+,13-10+,17-14+,19-16+,23-20+,25-22+,29-26-,30-28+,34-31+. The van der Waals surface area contributed by atoms with Crippen molar-refractivity contribution < 1.29 is 24.5 Å². The average molecular weight is 888 g/mol. The van der Waals surface area contributed by atoms with Gasteiger partial charge in [0.15, 0.2) is 0 Å². The van der Waals surface area contributed by atoms with Crippen LogP contribution in [-0.4, -0.2) is 46.9 Å². The molecule has 0 radical (unpaired) electrons. The number of carbonyl (C=O) groups is 2. The summed E-state index contributed by atoms with van der Waals surface area (Å²) in [7, 11) is 0. The van der Waals surface area contributed by atoms with Crippen molar-refractivity contribution in [1.29, 1.82) is 0 Å². The van der Waals surface area contributed by atoms with Crippen molar-refractivity contribution >= 4 is 11.9 Å². The molecule has 0 aliphatic heterocycles. The second kappa shape index (κ2) is 50.5. The molecule has 0 saturated heterocycles. The molecule has 3 atom stereocenters. The molecule has 0 aromatic rings. The third-order valence-electron chi connectivity index (χ3n) is 11.3. The molecule has 0 rings (SSSR count). The Morgan fingerprint density at radius 3 is 1.36 bits per heavy atom. The highest BCUT2D eigenvalue weighted by atomic mass is 16.5. The molecule has 6 heteroatoms. The second-order valence-electron chi connectivity index (χ2n) is 17.4. The number of nitrogens with one attached hydrogen (secondary N) is 1. The summed E-state index contributed by atoms with van der Waals surface area (Å²) >= 11 is 0. The summed E-state index contributed by atoms with van der Waals surface area (Å²) in [6.45, 7) is 6.24. The number of allylic oxidation sites excluding steroid dienone is 18. The number of esters is 1. The highest BCUT2D eigenvalue weighted by Gasteiger charge is 2.24. The van der Waals surface area contributed by atoms with Crippen LogP contribution in [0, 0.1) is 0 Å². The smallest absolute Gasteiger partial charge is 0.306 e. The van der Waals surface area contributed by atoms with E-state index in [0.717, 1.165) is 103 Å². The Hall–Kier alpha value is -3.48. The highest BCUT2D eigenvalue weighted by Crippen LogP contribution is 2.17. The summed E-state index contributed by atoms with van der Waals surface area (Å²) < 4.78 is 5.91. The Balaban J connectivity index is 4.74. The molecule has 364 valence electrons. The lowest BCUT2D eigenvalue weighted by Crippen LogP contribution is -2.46. The minimum atomic E-state index is -0.811. The molecular formula is C58H97NO5. The van der Waals surface area contributed by atoms with Crippen LogP contribution in [-0.2, 0) is 14.3 Å². The maximum Gasteiger partial charge on any atom is 0.306 e. The van der Waals surface area contributed by atoms with E-state index >= 15 is 0 Å². The number of carbonyl (C=O) groups excluding carboxylic acids is 2. The van der Waals surface area contributed by atoms with Gasteiger partial charge in [0.05, 0.1) is 25.2 Å². The van der Waals surface area contributed by atoms with Gasteiger partial charge in [-0.05, 0) is 64.2 Å². The zero-order valence-corrected chi connectivity index (χ0v) is 41.4. The number of hydrogen-bond acceptors (Lipinski definition) is 5. The molecule has 64 heavy (non-hydrogen) atoms. The van der Waals surface area contributed by atoms with Gasteiger partial charge in [-0.1, -0.05) is 252 Å². The van der Waals surface area contributed by atoms with E-state index in [9.17, 15) is 19.8 Å². The first-order chi connectivity index (χ1) is 31.5. The molecule has 6 nitrogen and oxygen atoms in total. The first kappa shape index (κ1) is 60.5. The molecule has 0 aliphatic rings. The Labute approximate surface area is 394 Å². The van der Waals surface area contributed by atoms with Crippen molar-refractivity contribution in [2.45, 2.75) is 238 Å². The van der Waals surface area contributed by atoms with Crippen LogP contribution in [0.25, 0.3) is 0 Å². The van der Waals surface area contributed by atoms with Crippen LogP contribution in [0.4, 0.5) is 0 Å². The molecule has 3 unspecified atom stereocenters. The Morgan fingerprint density at radius 1 is 0.469 bits per heavy atom. The lowest BCUT2D eigenvalue weighted by Gasteiger charge is -2.24. The van der Waals surface area contributed by atoms with E-state index < -0.39 is 18.2 Å². The molecule has 0 aromatic heterocycles. The van der Waals surface area contributed by atoms with E-state index in [1.807, 2.05) is 54.7 Å². The molecule has 0 aromatic carbocycles. The van der Waals surface area contributed by atoms with Crippen LogP contribution in [0.5, 0.6) is 0 Å². The van der Waals surface area contributed by atoms with Crippen molar-refractivity contribution in [3.05, 3.63) is 109 Å². The van der Waals surface area contributed by atoms with Crippen LogP contribution < -0.4 is 5.32 Å². The van der Waals surface area contributed by atoms with Gasteiger partial charge in [-0.15, -0.1) is 0 Å². The van der Waals surface area contributed by atoms with E-state index in [1.165, 1.54) is 70.6 Å². The molecule has 0 heterocycles.